The third kappa shape index (κ3) is 18.3. The molecule has 0 heterocycles. The molecule has 0 aliphatic heterocycles. The van der Waals surface area contributed by atoms with E-state index in [-0.39, 0.29) is 19.1 Å². The van der Waals surface area contributed by atoms with Crippen LogP contribution in [-0.2, 0) is 17.6 Å². The maximum Gasteiger partial charge on any atom is 0.311 e. The number of hydrogen-bond donors (Lipinski definition) is 1. The van der Waals surface area contributed by atoms with Crippen molar-refractivity contribution in [2.24, 2.45) is 0 Å². The highest BCUT2D eigenvalue weighted by atomic mass is 16.5. The van der Waals surface area contributed by atoms with Crippen molar-refractivity contribution in [2.45, 2.75) is 117 Å². The number of esters is 1. The summed E-state index contributed by atoms with van der Waals surface area (Å²) in [5.74, 6) is 1.21. The summed E-state index contributed by atoms with van der Waals surface area (Å²) in [5.41, 5.74) is 2.26. The van der Waals surface area contributed by atoms with Crippen LogP contribution >= 0.6 is 0 Å². The summed E-state index contributed by atoms with van der Waals surface area (Å²) in [4.78, 5) is 11.9. The molecule has 2 aromatic rings. The second-order valence-electron chi connectivity index (χ2n) is 10.1. The second-order valence-corrected chi connectivity index (χ2v) is 10.1. The van der Waals surface area contributed by atoms with Crippen LogP contribution in [-0.4, -0.2) is 18.2 Å². The Labute approximate surface area is 245 Å². The molecule has 0 radical (unpaired) electrons. The van der Waals surface area contributed by atoms with Gasteiger partial charge in [0.1, 0.15) is 5.75 Å². The van der Waals surface area contributed by atoms with E-state index in [9.17, 15) is 9.90 Å². The first kappa shape index (κ1) is 37.0. The number of hydrogen-bond acceptors (Lipinski definition) is 4. The molecule has 0 amide bonds. The lowest BCUT2D eigenvalue weighted by Gasteiger charge is -2.05. The number of phenolic OH excluding ortho intramolecular Hbond substituents is 1. The normalized spacial score (nSPS) is 10.1. The number of rotatable bonds is 20. The van der Waals surface area contributed by atoms with Gasteiger partial charge in [0.2, 0.25) is 0 Å². The van der Waals surface area contributed by atoms with Gasteiger partial charge < -0.3 is 14.6 Å². The Bertz CT molecular complexity index is 917. The molecule has 0 aromatic heterocycles. The molecule has 0 aliphatic carbocycles. The Balaban J connectivity index is 0.000000977. The predicted molar refractivity (Wildman–Crippen MR) is 172 cm³/mol. The van der Waals surface area contributed by atoms with Crippen molar-refractivity contribution in [3.05, 3.63) is 78.9 Å². The van der Waals surface area contributed by atoms with Crippen molar-refractivity contribution in [1.29, 1.82) is 0 Å². The molecule has 2 rings (SSSR count). The SMILES string of the molecule is C.C=CCc1ccc(O)c(OC)c1.C=CCc1ccc(OC(=O)CCCCCCCCCCCCCCC)cc1. The van der Waals surface area contributed by atoms with Crippen LogP contribution in [0.4, 0.5) is 0 Å². The molecular weight excluding hydrogens is 496 g/mol. The number of aromatic hydroxyl groups is 1. The summed E-state index contributed by atoms with van der Waals surface area (Å²) in [7, 11) is 1.53. The third-order valence-electron chi connectivity index (χ3n) is 6.64. The third-order valence-corrected chi connectivity index (χ3v) is 6.64. The fourth-order valence-corrected chi connectivity index (χ4v) is 4.35. The van der Waals surface area contributed by atoms with Crippen molar-refractivity contribution in [3.8, 4) is 17.2 Å². The molecule has 0 aliphatic rings. The van der Waals surface area contributed by atoms with Crippen LogP contribution in [0.25, 0.3) is 0 Å². The van der Waals surface area contributed by atoms with E-state index in [2.05, 4.69) is 20.1 Å². The van der Waals surface area contributed by atoms with Crippen LogP contribution in [0, 0.1) is 0 Å². The van der Waals surface area contributed by atoms with E-state index >= 15 is 0 Å². The lowest BCUT2D eigenvalue weighted by Crippen LogP contribution is -2.07. The zero-order chi connectivity index (χ0) is 28.6. The van der Waals surface area contributed by atoms with Gasteiger partial charge in [-0.3, -0.25) is 4.79 Å². The van der Waals surface area contributed by atoms with Crippen molar-refractivity contribution < 1.29 is 19.4 Å². The number of unbranched alkanes of at least 4 members (excludes halogenated alkanes) is 12. The molecule has 4 heteroatoms. The van der Waals surface area contributed by atoms with E-state index in [0.29, 0.717) is 17.9 Å². The van der Waals surface area contributed by atoms with Crippen LogP contribution < -0.4 is 9.47 Å². The molecule has 0 fully saturated rings. The number of allylic oxidation sites excluding steroid dienone is 2. The smallest absolute Gasteiger partial charge is 0.311 e. The van der Waals surface area contributed by atoms with E-state index in [0.717, 1.165) is 31.2 Å². The minimum atomic E-state index is -0.116. The highest BCUT2D eigenvalue weighted by molar-refractivity contribution is 5.72. The van der Waals surface area contributed by atoms with E-state index in [1.165, 1.54) is 83.3 Å². The van der Waals surface area contributed by atoms with Crippen molar-refractivity contribution >= 4 is 5.97 Å². The Morgan fingerprint density at radius 2 is 1.23 bits per heavy atom. The van der Waals surface area contributed by atoms with Crippen LogP contribution in [0.1, 0.15) is 115 Å². The monoisotopic (exact) mass is 552 g/mol. The molecule has 0 bridgehead atoms. The number of ether oxygens (including phenoxy) is 2. The van der Waals surface area contributed by atoms with Gasteiger partial charge in [0.15, 0.2) is 11.5 Å². The molecular formula is C36H56O4. The Morgan fingerprint density at radius 1 is 0.750 bits per heavy atom. The molecule has 0 spiro atoms. The van der Waals surface area contributed by atoms with E-state index < -0.39 is 0 Å². The lowest BCUT2D eigenvalue weighted by atomic mass is 10.0. The first-order valence-electron chi connectivity index (χ1n) is 14.9. The van der Waals surface area contributed by atoms with E-state index in [4.69, 9.17) is 9.47 Å². The molecule has 1 N–H and O–H groups in total. The number of carbonyl (C=O) groups excluding carboxylic acids is 1. The first-order chi connectivity index (χ1) is 19.0. The highest BCUT2D eigenvalue weighted by Gasteiger charge is 2.05. The van der Waals surface area contributed by atoms with Crippen LogP contribution in [0.3, 0.4) is 0 Å². The fraction of sp³-hybridized carbons (Fsp3) is 0.528. The van der Waals surface area contributed by atoms with Crippen LogP contribution in [0.5, 0.6) is 17.2 Å². The van der Waals surface area contributed by atoms with Gasteiger partial charge in [-0.25, -0.2) is 0 Å². The van der Waals surface area contributed by atoms with Gasteiger partial charge >= 0.3 is 5.97 Å². The number of benzene rings is 2. The minimum Gasteiger partial charge on any atom is -0.504 e. The lowest BCUT2D eigenvalue weighted by molar-refractivity contribution is -0.134. The van der Waals surface area contributed by atoms with Gasteiger partial charge in [0.05, 0.1) is 7.11 Å². The van der Waals surface area contributed by atoms with Gasteiger partial charge in [0, 0.05) is 6.42 Å². The van der Waals surface area contributed by atoms with Gasteiger partial charge in [-0.15, -0.1) is 13.2 Å². The number of phenols is 1. The average molecular weight is 553 g/mol. The summed E-state index contributed by atoms with van der Waals surface area (Å²) in [6.07, 6.45) is 22.9. The summed E-state index contributed by atoms with van der Waals surface area (Å²) in [6.45, 7) is 9.63. The summed E-state index contributed by atoms with van der Waals surface area (Å²) in [5, 5.41) is 9.25. The van der Waals surface area contributed by atoms with Gasteiger partial charge in [0.25, 0.3) is 0 Å². The largest absolute Gasteiger partial charge is 0.504 e. The van der Waals surface area contributed by atoms with Crippen LogP contribution in [0.15, 0.2) is 67.8 Å². The van der Waals surface area contributed by atoms with Crippen molar-refractivity contribution in [2.75, 3.05) is 7.11 Å². The maximum atomic E-state index is 11.9. The standard InChI is InChI=1S/C25H40O2.C10H12O2.CH4/c1-3-5-6-7-8-9-10-11-12-13-14-15-16-18-25(26)27-24-21-19-23(17-4-2)20-22-24;1-3-4-8-5-6-9(11)10(7-8)12-2;/h4,19-22H,2-3,5-18H2,1H3;3,5-7,11H,1,4H2,2H3;1H4. The van der Waals surface area contributed by atoms with Gasteiger partial charge in [-0.1, -0.05) is 122 Å². The summed E-state index contributed by atoms with van der Waals surface area (Å²) in [6, 6.07) is 13.0. The quantitative estimate of drug-likeness (QED) is 0.0768. The van der Waals surface area contributed by atoms with Gasteiger partial charge in [-0.2, -0.15) is 0 Å². The predicted octanol–water partition coefficient (Wildman–Crippen LogP) is 10.6. The average Bonchev–Trinajstić information content (AvgIpc) is 2.94. The topological polar surface area (TPSA) is 55.8 Å². The highest BCUT2D eigenvalue weighted by Crippen LogP contribution is 2.26. The summed E-state index contributed by atoms with van der Waals surface area (Å²) < 4.78 is 10.3. The Morgan fingerprint density at radius 3 is 1.73 bits per heavy atom. The second kappa shape index (κ2) is 25.0. The number of carbonyl (C=O) groups is 1. The van der Waals surface area contributed by atoms with E-state index in [1.54, 1.807) is 12.1 Å². The number of methoxy groups -OCH3 is 1. The fourth-order valence-electron chi connectivity index (χ4n) is 4.35. The molecule has 0 saturated heterocycles. The molecule has 40 heavy (non-hydrogen) atoms. The zero-order valence-electron chi connectivity index (χ0n) is 24.6. The Kier molecular flexibility index (Phi) is 23.1. The molecule has 0 saturated carbocycles. The van der Waals surface area contributed by atoms with Crippen molar-refractivity contribution in [1.82, 2.24) is 0 Å². The van der Waals surface area contributed by atoms with Crippen LogP contribution in [0.2, 0.25) is 0 Å². The Hall–Kier alpha value is -3.01. The molecule has 2 aromatic carbocycles. The first-order valence-corrected chi connectivity index (χ1v) is 14.9. The molecule has 0 unspecified atom stereocenters. The van der Waals surface area contributed by atoms with E-state index in [1.807, 2.05) is 42.5 Å². The minimum absolute atomic E-state index is 0. The summed E-state index contributed by atoms with van der Waals surface area (Å²) >= 11 is 0. The molecule has 224 valence electrons. The van der Waals surface area contributed by atoms with Crippen molar-refractivity contribution in [3.63, 3.8) is 0 Å². The molecule has 4 nitrogen and oxygen atoms in total. The zero-order valence-corrected chi connectivity index (χ0v) is 24.6. The molecule has 0 atom stereocenters. The van der Waals surface area contributed by atoms with Gasteiger partial charge in [-0.05, 0) is 54.7 Å². The maximum absolute atomic E-state index is 11.9.